The molecule has 0 atom stereocenters. The molecule has 122 valence electrons. The van der Waals surface area contributed by atoms with Crippen LogP contribution in [0.15, 0.2) is 29.3 Å². The molecule has 0 bridgehead atoms. The summed E-state index contributed by atoms with van der Waals surface area (Å²) in [6, 6.07) is 5.19. The molecule has 0 saturated carbocycles. The van der Waals surface area contributed by atoms with E-state index in [1.165, 1.54) is 17.0 Å². The number of thiazole rings is 1. The Labute approximate surface area is 137 Å². The Hall–Kier alpha value is -1.69. The van der Waals surface area contributed by atoms with Gasteiger partial charge in [-0.3, -0.25) is 4.99 Å². The van der Waals surface area contributed by atoms with Gasteiger partial charge in [0.25, 0.3) is 0 Å². The number of aliphatic imine (C=N–C) groups is 1. The fourth-order valence-electron chi connectivity index (χ4n) is 2.57. The maximum Gasteiger partial charge on any atom is 0.416 e. The highest BCUT2D eigenvalue weighted by Crippen LogP contribution is 2.36. The Balaban J connectivity index is 1.98. The van der Waals surface area contributed by atoms with Crippen molar-refractivity contribution in [2.45, 2.75) is 33.4 Å². The van der Waals surface area contributed by atoms with Crippen LogP contribution in [0.1, 0.15) is 36.9 Å². The topological polar surface area (TPSA) is 25.2 Å². The van der Waals surface area contributed by atoms with Crippen LogP contribution < -0.4 is 0 Å². The average Bonchev–Trinajstić information content (AvgIpc) is 2.89. The lowest BCUT2D eigenvalue weighted by molar-refractivity contribution is -0.137. The molecule has 0 spiro atoms. The van der Waals surface area contributed by atoms with Crippen LogP contribution in [0.2, 0.25) is 0 Å². The van der Waals surface area contributed by atoms with Gasteiger partial charge in [0.05, 0.1) is 17.0 Å². The van der Waals surface area contributed by atoms with Crippen LogP contribution in [0.3, 0.4) is 0 Å². The monoisotopic (exact) mass is 338 g/mol. The number of fused-ring (bicyclic) bond motifs is 1. The van der Waals surface area contributed by atoms with Crippen LogP contribution >= 0.6 is 11.3 Å². The molecule has 23 heavy (non-hydrogen) atoms. The average molecular weight is 338 g/mol. The lowest BCUT2D eigenvalue weighted by Crippen LogP contribution is -2.26. The quantitative estimate of drug-likeness (QED) is 0.700. The van der Waals surface area contributed by atoms with E-state index in [1.807, 2.05) is 0 Å². The van der Waals surface area contributed by atoms with Crippen LogP contribution in [-0.4, -0.2) is 17.2 Å². The highest BCUT2D eigenvalue weighted by molar-refractivity contribution is 7.15. The standard InChI is InChI=1S/C17H17F3N2S/c1-16(2,3)14-13-12(8-9-21-14)23-15(22-13)10-4-6-11(7-5-10)17(18,19)20/h4-7H,8-9H2,1-3H3. The first kappa shape index (κ1) is 16.2. The number of rotatable bonds is 1. The molecule has 1 aromatic heterocycles. The highest BCUT2D eigenvalue weighted by atomic mass is 32.1. The molecule has 0 N–H and O–H groups in total. The Morgan fingerprint density at radius 1 is 1.04 bits per heavy atom. The number of alkyl halides is 3. The number of hydrogen-bond donors (Lipinski definition) is 0. The van der Waals surface area contributed by atoms with E-state index in [1.54, 1.807) is 11.3 Å². The molecule has 0 saturated heterocycles. The molecule has 0 aliphatic carbocycles. The lowest BCUT2D eigenvalue weighted by atomic mass is 9.86. The number of aromatic nitrogens is 1. The van der Waals surface area contributed by atoms with Gasteiger partial charge in [0.2, 0.25) is 0 Å². The summed E-state index contributed by atoms with van der Waals surface area (Å²) in [5.74, 6) is 0. The van der Waals surface area contributed by atoms with Gasteiger partial charge in [-0.15, -0.1) is 11.3 Å². The Morgan fingerprint density at radius 3 is 2.26 bits per heavy atom. The predicted octanol–water partition coefficient (Wildman–Crippen LogP) is 5.22. The Kier molecular flexibility index (Phi) is 3.83. The van der Waals surface area contributed by atoms with Crippen molar-refractivity contribution in [1.29, 1.82) is 0 Å². The largest absolute Gasteiger partial charge is 0.416 e. The number of halogens is 3. The maximum atomic E-state index is 12.7. The van der Waals surface area contributed by atoms with Crippen LogP contribution in [-0.2, 0) is 12.6 Å². The minimum absolute atomic E-state index is 0.0966. The molecular weight excluding hydrogens is 321 g/mol. The normalized spacial score (nSPS) is 15.3. The van der Waals surface area contributed by atoms with E-state index in [-0.39, 0.29) is 5.41 Å². The molecule has 1 aliphatic heterocycles. The smallest absolute Gasteiger partial charge is 0.287 e. The molecule has 6 heteroatoms. The van der Waals surface area contributed by atoms with Crippen molar-refractivity contribution in [2.75, 3.05) is 6.54 Å². The third-order valence-electron chi connectivity index (χ3n) is 3.70. The number of hydrogen-bond acceptors (Lipinski definition) is 3. The fraction of sp³-hybridized carbons (Fsp3) is 0.412. The van der Waals surface area contributed by atoms with Gasteiger partial charge in [-0.1, -0.05) is 32.9 Å². The third-order valence-corrected chi connectivity index (χ3v) is 4.86. The minimum atomic E-state index is -4.31. The molecule has 1 aromatic carbocycles. The van der Waals surface area contributed by atoms with Gasteiger partial charge in [-0.2, -0.15) is 13.2 Å². The van der Waals surface area contributed by atoms with Gasteiger partial charge in [-0.25, -0.2) is 4.98 Å². The number of benzene rings is 1. The molecule has 1 aliphatic rings. The van der Waals surface area contributed by atoms with E-state index in [0.29, 0.717) is 5.56 Å². The highest BCUT2D eigenvalue weighted by Gasteiger charge is 2.31. The van der Waals surface area contributed by atoms with Crippen LogP contribution in [0.5, 0.6) is 0 Å². The SMILES string of the molecule is CC(C)(C)C1=NCCc2sc(-c3ccc(C(F)(F)F)cc3)nc21. The molecule has 0 radical (unpaired) electrons. The zero-order valence-corrected chi connectivity index (χ0v) is 14.0. The number of nitrogens with zero attached hydrogens (tertiary/aromatic N) is 2. The second-order valence-corrected chi connectivity index (χ2v) is 7.68. The van der Waals surface area contributed by atoms with Gasteiger partial charge >= 0.3 is 6.18 Å². The van der Waals surface area contributed by atoms with Gasteiger partial charge in [0, 0.05) is 28.8 Å². The van der Waals surface area contributed by atoms with E-state index < -0.39 is 11.7 Å². The summed E-state index contributed by atoms with van der Waals surface area (Å²) in [4.78, 5) is 10.4. The summed E-state index contributed by atoms with van der Waals surface area (Å²) >= 11 is 1.55. The van der Waals surface area contributed by atoms with Crippen molar-refractivity contribution in [2.24, 2.45) is 10.4 Å². The summed E-state index contributed by atoms with van der Waals surface area (Å²) in [6.07, 6.45) is -3.47. The lowest BCUT2D eigenvalue weighted by Gasteiger charge is -2.23. The van der Waals surface area contributed by atoms with Crippen molar-refractivity contribution in [1.82, 2.24) is 4.98 Å². The van der Waals surface area contributed by atoms with Crippen molar-refractivity contribution < 1.29 is 13.2 Å². The second kappa shape index (κ2) is 5.44. The molecule has 0 fully saturated rings. The molecule has 2 aromatic rings. The van der Waals surface area contributed by atoms with Crippen molar-refractivity contribution in [3.63, 3.8) is 0 Å². The second-order valence-electron chi connectivity index (χ2n) is 6.60. The van der Waals surface area contributed by atoms with Crippen LogP contribution in [0.4, 0.5) is 13.2 Å². The summed E-state index contributed by atoms with van der Waals surface area (Å²) in [7, 11) is 0. The first-order valence-electron chi connectivity index (χ1n) is 7.39. The molecule has 0 unspecified atom stereocenters. The summed E-state index contributed by atoms with van der Waals surface area (Å²) < 4.78 is 38.0. The maximum absolute atomic E-state index is 12.7. The van der Waals surface area contributed by atoms with Gasteiger partial charge in [-0.05, 0) is 12.1 Å². The van der Waals surface area contributed by atoms with E-state index in [0.717, 1.165) is 41.5 Å². The van der Waals surface area contributed by atoms with Crippen molar-refractivity contribution in [3.8, 4) is 10.6 Å². The van der Waals surface area contributed by atoms with Gasteiger partial charge in [0.1, 0.15) is 5.01 Å². The Bertz CT molecular complexity index is 750. The van der Waals surface area contributed by atoms with E-state index in [9.17, 15) is 13.2 Å². The van der Waals surface area contributed by atoms with E-state index in [4.69, 9.17) is 0 Å². The first-order valence-corrected chi connectivity index (χ1v) is 8.20. The van der Waals surface area contributed by atoms with Crippen molar-refractivity contribution in [3.05, 3.63) is 40.4 Å². The minimum Gasteiger partial charge on any atom is -0.287 e. The molecule has 2 nitrogen and oxygen atoms in total. The molecule has 2 heterocycles. The zero-order valence-electron chi connectivity index (χ0n) is 13.2. The molecule has 3 rings (SSSR count). The zero-order chi connectivity index (χ0) is 16.8. The molecule has 0 amide bonds. The summed E-state index contributed by atoms with van der Waals surface area (Å²) in [5.41, 5.74) is 1.86. The summed E-state index contributed by atoms with van der Waals surface area (Å²) in [6.45, 7) is 7.03. The van der Waals surface area contributed by atoms with Gasteiger partial charge < -0.3 is 0 Å². The van der Waals surface area contributed by atoms with Gasteiger partial charge in [0.15, 0.2) is 0 Å². The first-order chi connectivity index (χ1) is 10.7. The van der Waals surface area contributed by atoms with Crippen molar-refractivity contribution >= 4 is 17.0 Å². The predicted molar refractivity (Wildman–Crippen MR) is 87.1 cm³/mol. The van der Waals surface area contributed by atoms with Crippen LogP contribution in [0.25, 0.3) is 10.6 Å². The van der Waals surface area contributed by atoms with E-state index >= 15 is 0 Å². The van der Waals surface area contributed by atoms with Crippen LogP contribution in [0, 0.1) is 5.41 Å². The third kappa shape index (κ3) is 3.17. The summed E-state index contributed by atoms with van der Waals surface area (Å²) in [5, 5.41) is 0.752. The van der Waals surface area contributed by atoms with E-state index in [2.05, 4.69) is 30.7 Å². The fourth-order valence-corrected chi connectivity index (χ4v) is 3.62. The molecular formula is C17H17F3N2S. The Morgan fingerprint density at radius 2 is 1.70 bits per heavy atom.